The Labute approximate surface area is 153 Å². The maximum Gasteiger partial charge on any atom is 0.337 e. The molecule has 2 heterocycles. The van der Waals surface area contributed by atoms with E-state index in [9.17, 15) is 9.59 Å². The van der Waals surface area contributed by atoms with E-state index >= 15 is 0 Å². The second-order valence-corrected chi connectivity index (χ2v) is 6.83. The summed E-state index contributed by atoms with van der Waals surface area (Å²) in [5.41, 5.74) is 1.43. The minimum atomic E-state index is -0.445. The van der Waals surface area contributed by atoms with E-state index in [4.69, 9.17) is 4.52 Å². The number of anilines is 1. The first-order chi connectivity index (χ1) is 12.7. The van der Waals surface area contributed by atoms with Crippen LogP contribution in [0.5, 0.6) is 0 Å². The van der Waals surface area contributed by atoms with Gasteiger partial charge < -0.3 is 14.6 Å². The molecule has 0 spiro atoms. The topological polar surface area (TPSA) is 94.3 Å². The predicted molar refractivity (Wildman–Crippen MR) is 95.3 cm³/mol. The number of ether oxygens (including phenoxy) is 1. The molecule has 0 aliphatic heterocycles. The lowest BCUT2D eigenvalue weighted by Crippen LogP contribution is -2.12. The van der Waals surface area contributed by atoms with E-state index in [0.717, 1.165) is 23.5 Å². The summed E-state index contributed by atoms with van der Waals surface area (Å²) in [5, 5.41) is 8.71. The van der Waals surface area contributed by atoms with Crippen LogP contribution in [0.25, 0.3) is 10.8 Å². The Hall–Kier alpha value is -3.00. The lowest BCUT2D eigenvalue weighted by molar-refractivity contribution is 0.0600. The largest absolute Gasteiger partial charge is 0.465 e. The number of carbonyl (C=O) groups excluding carboxylic acids is 2. The molecule has 26 heavy (non-hydrogen) atoms. The summed E-state index contributed by atoms with van der Waals surface area (Å²) in [6.45, 7) is 0. The van der Waals surface area contributed by atoms with Gasteiger partial charge in [0, 0.05) is 11.5 Å². The zero-order valence-corrected chi connectivity index (χ0v) is 14.7. The second-order valence-electron chi connectivity index (χ2n) is 5.92. The molecule has 4 rings (SSSR count). The fourth-order valence-corrected chi connectivity index (χ4v) is 3.25. The van der Waals surface area contributed by atoms with Gasteiger partial charge in [-0.25, -0.2) is 4.79 Å². The molecule has 0 bridgehead atoms. The summed E-state index contributed by atoms with van der Waals surface area (Å²) in [6, 6.07) is 8.04. The van der Waals surface area contributed by atoms with Crippen molar-refractivity contribution in [2.75, 3.05) is 12.4 Å². The van der Waals surface area contributed by atoms with Crippen molar-refractivity contribution in [2.24, 2.45) is 0 Å². The first kappa shape index (κ1) is 16.5. The number of amides is 1. The number of methoxy groups -OCH3 is 1. The van der Waals surface area contributed by atoms with Crippen molar-refractivity contribution in [3.63, 3.8) is 0 Å². The highest BCUT2D eigenvalue weighted by molar-refractivity contribution is 7.14. The van der Waals surface area contributed by atoms with Gasteiger partial charge in [0.05, 0.1) is 18.4 Å². The van der Waals surface area contributed by atoms with Crippen LogP contribution in [0.1, 0.15) is 45.3 Å². The Morgan fingerprint density at radius 2 is 1.92 bits per heavy atom. The van der Waals surface area contributed by atoms with Gasteiger partial charge in [-0.05, 0) is 48.6 Å². The molecule has 0 radical (unpaired) electrons. The Bertz CT molecular complexity index is 957. The van der Waals surface area contributed by atoms with E-state index in [1.807, 2.05) is 5.38 Å². The third-order valence-corrected chi connectivity index (χ3v) is 4.96. The van der Waals surface area contributed by atoms with Gasteiger partial charge in [0.1, 0.15) is 4.88 Å². The average Bonchev–Trinajstić information content (AvgIpc) is 3.22. The maximum absolute atomic E-state index is 12.5. The lowest BCUT2D eigenvalue weighted by atomic mass is 10.1. The third kappa shape index (κ3) is 3.23. The summed E-state index contributed by atoms with van der Waals surface area (Å²) >= 11 is 1.42. The molecule has 1 N–H and O–H groups in total. The van der Waals surface area contributed by atoms with E-state index in [1.54, 1.807) is 30.3 Å². The van der Waals surface area contributed by atoms with E-state index in [0.29, 0.717) is 28.6 Å². The van der Waals surface area contributed by atoms with Gasteiger partial charge in [-0.1, -0.05) is 5.16 Å². The minimum Gasteiger partial charge on any atom is -0.465 e. The van der Waals surface area contributed by atoms with Crippen molar-refractivity contribution in [3.8, 4) is 10.8 Å². The molecule has 1 fully saturated rings. The van der Waals surface area contributed by atoms with Crippen LogP contribution < -0.4 is 5.32 Å². The fraction of sp³-hybridized carbons (Fsp3) is 0.222. The minimum absolute atomic E-state index is 0.289. The Morgan fingerprint density at radius 1 is 1.19 bits per heavy atom. The molecule has 1 saturated carbocycles. The van der Waals surface area contributed by atoms with Crippen molar-refractivity contribution >= 4 is 28.9 Å². The predicted octanol–water partition coefficient (Wildman–Crippen LogP) is 3.71. The van der Waals surface area contributed by atoms with Crippen molar-refractivity contribution in [2.45, 2.75) is 18.8 Å². The van der Waals surface area contributed by atoms with Gasteiger partial charge in [-0.3, -0.25) is 4.79 Å². The maximum atomic E-state index is 12.5. The lowest BCUT2D eigenvalue weighted by Gasteiger charge is -2.05. The number of thiophene rings is 1. The molecule has 132 valence electrons. The van der Waals surface area contributed by atoms with Gasteiger partial charge in [-0.15, -0.1) is 11.3 Å². The monoisotopic (exact) mass is 369 g/mol. The van der Waals surface area contributed by atoms with Crippen LogP contribution in [0.15, 0.2) is 40.2 Å². The third-order valence-electron chi connectivity index (χ3n) is 4.06. The van der Waals surface area contributed by atoms with E-state index in [2.05, 4.69) is 20.2 Å². The van der Waals surface area contributed by atoms with Crippen LogP contribution in [0, 0.1) is 0 Å². The van der Waals surface area contributed by atoms with Crippen LogP contribution in [-0.2, 0) is 4.74 Å². The van der Waals surface area contributed by atoms with E-state index in [-0.39, 0.29) is 5.91 Å². The van der Waals surface area contributed by atoms with Gasteiger partial charge in [0.15, 0.2) is 5.82 Å². The van der Waals surface area contributed by atoms with Crippen molar-refractivity contribution in [1.29, 1.82) is 0 Å². The van der Waals surface area contributed by atoms with Crippen LogP contribution in [0.2, 0.25) is 0 Å². The molecular formula is C18H15N3O4S. The van der Waals surface area contributed by atoms with Crippen LogP contribution in [0.4, 0.5) is 5.69 Å². The molecule has 1 aliphatic rings. The first-order valence-electron chi connectivity index (χ1n) is 8.07. The summed E-state index contributed by atoms with van der Waals surface area (Å²) in [5.74, 6) is 0.809. The van der Waals surface area contributed by atoms with Crippen molar-refractivity contribution < 1.29 is 18.8 Å². The van der Waals surface area contributed by atoms with Gasteiger partial charge in [-0.2, -0.15) is 4.98 Å². The number of carbonyl (C=O) groups is 2. The number of hydrogen-bond acceptors (Lipinski definition) is 7. The fourth-order valence-electron chi connectivity index (χ4n) is 2.48. The number of nitrogens with zero attached hydrogens (tertiary/aromatic N) is 2. The van der Waals surface area contributed by atoms with Gasteiger partial charge >= 0.3 is 5.97 Å². The standard InChI is InChI=1S/C18H15N3O4S/c1-24-18(23)12-6-4-11(5-7-12)16(22)19-13-8-9-26-14(13)17-20-15(21-25-17)10-2-3-10/h4-10H,2-3H2,1H3,(H,19,22). The van der Waals surface area contributed by atoms with Crippen molar-refractivity contribution in [1.82, 2.24) is 10.1 Å². The Kier molecular flexibility index (Phi) is 4.26. The SMILES string of the molecule is COC(=O)c1ccc(C(=O)Nc2ccsc2-c2nc(C3CC3)no2)cc1. The normalized spacial score (nSPS) is 13.4. The van der Waals surface area contributed by atoms with Crippen molar-refractivity contribution in [3.05, 3.63) is 52.7 Å². The molecule has 7 nitrogen and oxygen atoms in total. The number of esters is 1. The zero-order valence-electron chi connectivity index (χ0n) is 13.9. The van der Waals surface area contributed by atoms with Crippen LogP contribution >= 0.6 is 11.3 Å². The highest BCUT2D eigenvalue weighted by atomic mass is 32.1. The van der Waals surface area contributed by atoms with E-state index in [1.165, 1.54) is 18.4 Å². The first-order valence-corrected chi connectivity index (χ1v) is 8.95. The Morgan fingerprint density at radius 3 is 2.62 bits per heavy atom. The summed E-state index contributed by atoms with van der Waals surface area (Å²) < 4.78 is 9.99. The van der Waals surface area contributed by atoms with Gasteiger partial charge in [0.25, 0.3) is 11.8 Å². The van der Waals surface area contributed by atoms with Gasteiger partial charge in [0.2, 0.25) is 0 Å². The molecule has 0 unspecified atom stereocenters. The molecule has 0 atom stereocenters. The molecule has 8 heteroatoms. The molecule has 1 aliphatic carbocycles. The molecule has 1 amide bonds. The highest BCUT2D eigenvalue weighted by Crippen LogP contribution is 2.40. The average molecular weight is 369 g/mol. The molecule has 2 aromatic heterocycles. The Balaban J connectivity index is 1.51. The number of rotatable bonds is 5. The smallest absolute Gasteiger partial charge is 0.337 e. The van der Waals surface area contributed by atoms with Crippen LogP contribution in [0.3, 0.4) is 0 Å². The summed E-state index contributed by atoms with van der Waals surface area (Å²) in [6.07, 6.45) is 2.18. The second kappa shape index (κ2) is 6.72. The van der Waals surface area contributed by atoms with E-state index < -0.39 is 5.97 Å². The number of benzene rings is 1. The quantitative estimate of drug-likeness (QED) is 0.689. The zero-order chi connectivity index (χ0) is 18.1. The molecule has 0 saturated heterocycles. The summed E-state index contributed by atoms with van der Waals surface area (Å²) in [4.78, 5) is 29.1. The number of aromatic nitrogens is 2. The molecular weight excluding hydrogens is 354 g/mol. The molecule has 1 aromatic carbocycles. The number of nitrogens with one attached hydrogen (secondary N) is 1. The molecule has 3 aromatic rings. The summed E-state index contributed by atoms with van der Waals surface area (Å²) in [7, 11) is 1.31. The van der Waals surface area contributed by atoms with Crippen LogP contribution in [-0.4, -0.2) is 29.1 Å². The number of hydrogen-bond donors (Lipinski definition) is 1. The highest BCUT2D eigenvalue weighted by Gasteiger charge is 2.29.